The highest BCUT2D eigenvalue weighted by molar-refractivity contribution is 6.30. The van der Waals surface area contributed by atoms with Crippen LogP contribution < -0.4 is 5.32 Å². The third-order valence-electron chi connectivity index (χ3n) is 3.83. The van der Waals surface area contributed by atoms with Crippen LogP contribution in [-0.2, 0) is 13.1 Å². The van der Waals surface area contributed by atoms with E-state index in [0.717, 1.165) is 29.6 Å². The maximum absolute atomic E-state index is 5.94. The standard InChI is InChI=1S/C17H23ClN2O/c1-12-9-16(21-17(12)10-19-3)11-20(4)13(2)14-5-7-15(18)8-6-14/h5-9,13,19H,10-11H2,1-4H3. The Morgan fingerprint density at radius 2 is 1.95 bits per heavy atom. The topological polar surface area (TPSA) is 28.4 Å². The average Bonchev–Trinajstić information content (AvgIpc) is 2.79. The van der Waals surface area contributed by atoms with Crippen LogP contribution >= 0.6 is 11.6 Å². The van der Waals surface area contributed by atoms with Gasteiger partial charge in [-0.3, -0.25) is 4.90 Å². The quantitative estimate of drug-likeness (QED) is 0.869. The summed E-state index contributed by atoms with van der Waals surface area (Å²) in [6.07, 6.45) is 0. The second-order valence-corrected chi connectivity index (χ2v) is 5.93. The van der Waals surface area contributed by atoms with Crippen molar-refractivity contribution in [2.75, 3.05) is 14.1 Å². The first-order valence-corrected chi connectivity index (χ1v) is 7.57. The van der Waals surface area contributed by atoms with Gasteiger partial charge in [0.2, 0.25) is 0 Å². The Kier molecular flexibility index (Phi) is 5.45. The fourth-order valence-electron chi connectivity index (χ4n) is 2.38. The first-order chi connectivity index (χ1) is 10.0. The molecule has 1 aromatic heterocycles. The molecule has 0 saturated carbocycles. The van der Waals surface area contributed by atoms with Crippen LogP contribution in [0.2, 0.25) is 5.02 Å². The van der Waals surface area contributed by atoms with Crippen LogP contribution in [0.4, 0.5) is 0 Å². The van der Waals surface area contributed by atoms with Crippen LogP contribution in [0.1, 0.15) is 35.6 Å². The molecule has 2 aromatic rings. The minimum Gasteiger partial charge on any atom is -0.463 e. The molecule has 0 bridgehead atoms. The zero-order valence-corrected chi connectivity index (χ0v) is 13.9. The third kappa shape index (κ3) is 4.10. The van der Waals surface area contributed by atoms with Gasteiger partial charge >= 0.3 is 0 Å². The number of halogens is 1. The van der Waals surface area contributed by atoms with Crippen LogP contribution in [0.15, 0.2) is 34.7 Å². The Labute approximate surface area is 131 Å². The maximum atomic E-state index is 5.94. The highest BCUT2D eigenvalue weighted by Crippen LogP contribution is 2.24. The van der Waals surface area contributed by atoms with Gasteiger partial charge in [0.1, 0.15) is 11.5 Å². The van der Waals surface area contributed by atoms with Gasteiger partial charge in [-0.2, -0.15) is 0 Å². The smallest absolute Gasteiger partial charge is 0.120 e. The molecule has 0 saturated heterocycles. The van der Waals surface area contributed by atoms with E-state index >= 15 is 0 Å². The van der Waals surface area contributed by atoms with E-state index in [9.17, 15) is 0 Å². The number of nitrogens with zero attached hydrogens (tertiary/aromatic N) is 1. The van der Waals surface area contributed by atoms with Crippen molar-refractivity contribution < 1.29 is 4.42 Å². The van der Waals surface area contributed by atoms with E-state index in [1.54, 1.807) is 0 Å². The SMILES string of the molecule is CNCc1oc(CN(C)C(C)c2ccc(Cl)cc2)cc1C. The molecule has 114 valence electrons. The number of aryl methyl sites for hydroxylation is 1. The van der Waals surface area contributed by atoms with Crippen LogP contribution in [0, 0.1) is 6.92 Å². The van der Waals surface area contributed by atoms with E-state index in [1.165, 1.54) is 11.1 Å². The second-order valence-electron chi connectivity index (χ2n) is 5.49. The third-order valence-corrected chi connectivity index (χ3v) is 4.08. The van der Waals surface area contributed by atoms with Crippen molar-refractivity contribution >= 4 is 11.6 Å². The minimum atomic E-state index is 0.306. The van der Waals surface area contributed by atoms with Crippen molar-refractivity contribution in [3.63, 3.8) is 0 Å². The molecule has 1 atom stereocenters. The Hall–Kier alpha value is -1.29. The predicted octanol–water partition coefficient (Wildman–Crippen LogP) is 4.15. The van der Waals surface area contributed by atoms with Crippen molar-refractivity contribution in [2.45, 2.75) is 33.0 Å². The van der Waals surface area contributed by atoms with Gasteiger partial charge in [0.25, 0.3) is 0 Å². The molecular weight excluding hydrogens is 284 g/mol. The highest BCUT2D eigenvalue weighted by atomic mass is 35.5. The largest absolute Gasteiger partial charge is 0.463 e. The lowest BCUT2D eigenvalue weighted by atomic mass is 10.1. The van der Waals surface area contributed by atoms with Crippen molar-refractivity contribution in [3.05, 3.63) is 58.0 Å². The van der Waals surface area contributed by atoms with Crippen molar-refractivity contribution in [3.8, 4) is 0 Å². The average molecular weight is 307 g/mol. The van der Waals surface area contributed by atoms with Crippen molar-refractivity contribution in [1.29, 1.82) is 0 Å². The number of rotatable bonds is 6. The number of furan rings is 1. The van der Waals surface area contributed by atoms with Gasteiger partial charge in [-0.15, -0.1) is 0 Å². The fourth-order valence-corrected chi connectivity index (χ4v) is 2.51. The normalized spacial score (nSPS) is 12.9. The first-order valence-electron chi connectivity index (χ1n) is 7.19. The molecule has 0 amide bonds. The van der Waals surface area contributed by atoms with Gasteiger partial charge in [0.05, 0.1) is 13.1 Å². The molecular formula is C17H23ClN2O. The lowest BCUT2D eigenvalue weighted by Gasteiger charge is -2.24. The number of nitrogens with one attached hydrogen (secondary N) is 1. The first kappa shape index (κ1) is 16.1. The van der Waals surface area contributed by atoms with Gasteiger partial charge < -0.3 is 9.73 Å². The van der Waals surface area contributed by atoms with E-state index in [2.05, 4.69) is 49.3 Å². The summed E-state index contributed by atoms with van der Waals surface area (Å²) in [5.41, 5.74) is 2.45. The Morgan fingerprint density at radius 3 is 2.57 bits per heavy atom. The fraction of sp³-hybridized carbons (Fsp3) is 0.412. The number of hydrogen-bond donors (Lipinski definition) is 1. The maximum Gasteiger partial charge on any atom is 0.120 e. The lowest BCUT2D eigenvalue weighted by molar-refractivity contribution is 0.230. The molecule has 1 unspecified atom stereocenters. The van der Waals surface area contributed by atoms with Gasteiger partial charge in [0.15, 0.2) is 0 Å². The summed E-state index contributed by atoms with van der Waals surface area (Å²) in [6.45, 7) is 5.83. The summed E-state index contributed by atoms with van der Waals surface area (Å²) >= 11 is 5.94. The Morgan fingerprint density at radius 1 is 1.29 bits per heavy atom. The molecule has 4 heteroatoms. The second kappa shape index (κ2) is 7.12. The summed E-state index contributed by atoms with van der Waals surface area (Å²) in [6, 6.07) is 10.4. The van der Waals surface area contributed by atoms with Crippen LogP contribution in [0.3, 0.4) is 0 Å². The van der Waals surface area contributed by atoms with Gasteiger partial charge in [-0.25, -0.2) is 0 Å². The molecule has 2 rings (SSSR count). The van der Waals surface area contributed by atoms with Crippen LogP contribution in [0.25, 0.3) is 0 Å². The summed E-state index contributed by atoms with van der Waals surface area (Å²) in [5.74, 6) is 2.01. The summed E-state index contributed by atoms with van der Waals surface area (Å²) in [7, 11) is 4.03. The highest BCUT2D eigenvalue weighted by Gasteiger charge is 2.15. The van der Waals surface area contributed by atoms with E-state index in [0.29, 0.717) is 6.04 Å². The molecule has 0 aliphatic rings. The minimum absolute atomic E-state index is 0.306. The molecule has 21 heavy (non-hydrogen) atoms. The number of benzene rings is 1. The monoisotopic (exact) mass is 306 g/mol. The molecule has 1 aromatic carbocycles. The van der Waals surface area contributed by atoms with E-state index in [-0.39, 0.29) is 0 Å². The lowest BCUT2D eigenvalue weighted by Crippen LogP contribution is -2.21. The van der Waals surface area contributed by atoms with Crippen LogP contribution in [0.5, 0.6) is 0 Å². The summed E-state index contributed by atoms with van der Waals surface area (Å²) in [5, 5.41) is 3.90. The summed E-state index contributed by atoms with van der Waals surface area (Å²) < 4.78 is 5.91. The van der Waals surface area contributed by atoms with Gasteiger partial charge in [-0.05, 0) is 57.3 Å². The van der Waals surface area contributed by atoms with Crippen molar-refractivity contribution in [2.24, 2.45) is 0 Å². The molecule has 1 heterocycles. The molecule has 0 fully saturated rings. The van der Waals surface area contributed by atoms with Gasteiger partial charge in [-0.1, -0.05) is 23.7 Å². The molecule has 3 nitrogen and oxygen atoms in total. The van der Waals surface area contributed by atoms with E-state index in [1.807, 2.05) is 19.2 Å². The zero-order chi connectivity index (χ0) is 15.4. The molecule has 0 spiro atoms. The molecule has 0 aliphatic carbocycles. The van der Waals surface area contributed by atoms with Crippen LogP contribution in [-0.4, -0.2) is 19.0 Å². The Bertz CT molecular complexity index is 577. The van der Waals surface area contributed by atoms with E-state index < -0.39 is 0 Å². The van der Waals surface area contributed by atoms with Crippen molar-refractivity contribution in [1.82, 2.24) is 10.2 Å². The zero-order valence-electron chi connectivity index (χ0n) is 13.1. The molecule has 1 N–H and O–H groups in total. The predicted molar refractivity (Wildman–Crippen MR) is 87.5 cm³/mol. The molecule has 0 aliphatic heterocycles. The molecule has 0 radical (unpaired) electrons. The van der Waals surface area contributed by atoms with Gasteiger partial charge in [0, 0.05) is 11.1 Å². The van der Waals surface area contributed by atoms with E-state index in [4.69, 9.17) is 16.0 Å². The number of hydrogen-bond acceptors (Lipinski definition) is 3. The summed E-state index contributed by atoms with van der Waals surface area (Å²) in [4.78, 5) is 2.27. The Balaban J connectivity index is 2.04.